The van der Waals surface area contributed by atoms with Crippen molar-refractivity contribution in [2.45, 2.75) is 19.0 Å². The topological polar surface area (TPSA) is 84.7 Å². The number of rotatable bonds is 5. The molecular weight excluding hydrogens is 310 g/mol. The van der Waals surface area contributed by atoms with E-state index in [4.69, 9.17) is 9.84 Å². The first-order valence-electron chi connectivity index (χ1n) is 7.80. The van der Waals surface area contributed by atoms with E-state index in [1.807, 2.05) is 30.3 Å². The van der Waals surface area contributed by atoms with Gasteiger partial charge in [-0.2, -0.15) is 5.10 Å². The molecule has 1 atom stereocenters. The molecular formula is C17H19N3O4. The van der Waals surface area contributed by atoms with Crippen LogP contribution < -0.4 is 0 Å². The number of carboxylic acid groups (broad SMARTS) is 1. The van der Waals surface area contributed by atoms with Crippen LogP contribution in [0.25, 0.3) is 0 Å². The van der Waals surface area contributed by atoms with Gasteiger partial charge in [-0.3, -0.25) is 14.3 Å². The molecule has 1 amide bonds. The third-order valence-corrected chi connectivity index (χ3v) is 3.97. The normalized spacial score (nSPS) is 17.7. The zero-order valence-corrected chi connectivity index (χ0v) is 13.2. The smallest absolute Gasteiger partial charge is 0.305 e. The minimum absolute atomic E-state index is 0.121. The van der Waals surface area contributed by atoms with Gasteiger partial charge in [-0.05, 0) is 5.56 Å². The van der Waals surface area contributed by atoms with E-state index in [0.717, 1.165) is 5.56 Å². The first-order chi connectivity index (χ1) is 11.6. The zero-order chi connectivity index (χ0) is 16.9. The van der Waals surface area contributed by atoms with Gasteiger partial charge in [0.2, 0.25) is 0 Å². The van der Waals surface area contributed by atoms with E-state index in [9.17, 15) is 9.59 Å². The van der Waals surface area contributed by atoms with Crippen LogP contribution in [-0.4, -0.2) is 57.5 Å². The molecule has 1 aliphatic heterocycles. The average molecular weight is 329 g/mol. The number of ether oxygens (including phenoxy) is 1. The van der Waals surface area contributed by atoms with Crippen molar-refractivity contribution in [3.05, 3.63) is 53.9 Å². The predicted molar refractivity (Wildman–Crippen MR) is 85.7 cm³/mol. The van der Waals surface area contributed by atoms with Gasteiger partial charge in [0, 0.05) is 12.7 Å². The molecule has 0 aliphatic carbocycles. The summed E-state index contributed by atoms with van der Waals surface area (Å²) in [4.78, 5) is 25.2. The Balaban J connectivity index is 1.71. The van der Waals surface area contributed by atoms with Crippen molar-refractivity contribution in [2.75, 3.05) is 19.8 Å². The van der Waals surface area contributed by atoms with Crippen LogP contribution in [-0.2, 0) is 16.1 Å². The molecule has 0 spiro atoms. The van der Waals surface area contributed by atoms with Gasteiger partial charge < -0.3 is 14.7 Å². The monoisotopic (exact) mass is 329 g/mol. The fraction of sp³-hybridized carbons (Fsp3) is 0.353. The number of benzene rings is 1. The maximum Gasteiger partial charge on any atom is 0.305 e. The molecule has 0 radical (unpaired) electrons. The van der Waals surface area contributed by atoms with Crippen LogP contribution in [0.15, 0.2) is 42.7 Å². The highest BCUT2D eigenvalue weighted by molar-refractivity contribution is 5.94. The van der Waals surface area contributed by atoms with E-state index in [1.54, 1.807) is 15.8 Å². The van der Waals surface area contributed by atoms with Crippen LogP contribution >= 0.6 is 0 Å². The van der Waals surface area contributed by atoms with Crippen molar-refractivity contribution in [3.63, 3.8) is 0 Å². The highest BCUT2D eigenvalue weighted by atomic mass is 16.5. The molecule has 3 rings (SSSR count). The SMILES string of the molecule is O=C(O)C[C@@H]1COCCN1C(=O)c1cnn(Cc2ccccc2)c1. The lowest BCUT2D eigenvalue weighted by Crippen LogP contribution is -2.49. The molecule has 1 aliphatic rings. The Morgan fingerprint density at radius 3 is 2.83 bits per heavy atom. The Morgan fingerprint density at radius 2 is 2.08 bits per heavy atom. The Hall–Kier alpha value is -2.67. The summed E-state index contributed by atoms with van der Waals surface area (Å²) < 4.78 is 7.01. The first kappa shape index (κ1) is 16.2. The maximum atomic E-state index is 12.7. The number of morpholine rings is 1. The van der Waals surface area contributed by atoms with E-state index in [2.05, 4.69) is 5.10 Å². The van der Waals surface area contributed by atoms with Crippen LogP contribution in [0, 0.1) is 0 Å². The number of hydrogen-bond acceptors (Lipinski definition) is 4. The van der Waals surface area contributed by atoms with Crippen LogP contribution in [0.3, 0.4) is 0 Å². The van der Waals surface area contributed by atoms with Gasteiger partial charge in [-0.1, -0.05) is 30.3 Å². The standard InChI is InChI=1S/C17H19N3O4/c21-16(22)8-15-12-24-7-6-20(15)17(23)14-9-18-19(11-14)10-13-4-2-1-3-5-13/h1-5,9,11,15H,6-8,10,12H2,(H,21,22)/t15-/m1/s1. The van der Waals surface area contributed by atoms with Gasteiger partial charge in [-0.15, -0.1) is 0 Å². The number of carbonyl (C=O) groups is 2. The Labute approximate surface area is 139 Å². The molecule has 126 valence electrons. The molecule has 0 saturated carbocycles. The second-order valence-corrected chi connectivity index (χ2v) is 5.74. The lowest BCUT2D eigenvalue weighted by Gasteiger charge is -2.34. The summed E-state index contributed by atoms with van der Waals surface area (Å²) in [6.07, 6.45) is 3.10. The van der Waals surface area contributed by atoms with E-state index in [-0.39, 0.29) is 18.9 Å². The van der Waals surface area contributed by atoms with Crippen molar-refractivity contribution in [3.8, 4) is 0 Å². The summed E-state index contributed by atoms with van der Waals surface area (Å²) in [6, 6.07) is 9.40. The van der Waals surface area contributed by atoms with Crippen molar-refractivity contribution in [1.82, 2.24) is 14.7 Å². The summed E-state index contributed by atoms with van der Waals surface area (Å²) in [6.45, 7) is 1.63. The summed E-state index contributed by atoms with van der Waals surface area (Å²) >= 11 is 0. The fourth-order valence-corrected chi connectivity index (χ4v) is 2.79. The molecule has 24 heavy (non-hydrogen) atoms. The van der Waals surface area contributed by atoms with Crippen LogP contribution in [0.1, 0.15) is 22.3 Å². The molecule has 7 heteroatoms. The van der Waals surface area contributed by atoms with Crippen molar-refractivity contribution < 1.29 is 19.4 Å². The summed E-state index contributed by atoms with van der Waals surface area (Å²) in [7, 11) is 0. The first-order valence-corrected chi connectivity index (χ1v) is 7.80. The minimum Gasteiger partial charge on any atom is -0.481 e. The second kappa shape index (κ2) is 7.27. The Kier molecular flexibility index (Phi) is 4.90. The number of aliphatic carboxylic acids is 1. The highest BCUT2D eigenvalue weighted by Gasteiger charge is 2.30. The summed E-state index contributed by atoms with van der Waals surface area (Å²) in [5.41, 5.74) is 1.55. The van der Waals surface area contributed by atoms with Gasteiger partial charge in [0.05, 0.1) is 44.0 Å². The van der Waals surface area contributed by atoms with E-state index in [0.29, 0.717) is 25.3 Å². The molecule has 0 unspecified atom stereocenters. The summed E-state index contributed by atoms with van der Waals surface area (Å²) in [5, 5.41) is 13.2. The van der Waals surface area contributed by atoms with Gasteiger partial charge >= 0.3 is 5.97 Å². The summed E-state index contributed by atoms with van der Waals surface area (Å²) in [5.74, 6) is -1.15. The van der Waals surface area contributed by atoms with Gasteiger partial charge in [-0.25, -0.2) is 0 Å². The molecule has 1 N–H and O–H groups in total. The maximum absolute atomic E-state index is 12.7. The second-order valence-electron chi connectivity index (χ2n) is 5.74. The Morgan fingerprint density at radius 1 is 1.29 bits per heavy atom. The molecule has 7 nitrogen and oxygen atoms in total. The van der Waals surface area contributed by atoms with Crippen molar-refractivity contribution in [1.29, 1.82) is 0 Å². The predicted octanol–water partition coefficient (Wildman–Crippen LogP) is 1.25. The van der Waals surface area contributed by atoms with Gasteiger partial charge in [0.25, 0.3) is 5.91 Å². The largest absolute Gasteiger partial charge is 0.481 e. The number of nitrogens with zero attached hydrogens (tertiary/aromatic N) is 3. The average Bonchev–Trinajstić information content (AvgIpc) is 3.03. The van der Waals surface area contributed by atoms with E-state index < -0.39 is 12.0 Å². The third-order valence-electron chi connectivity index (χ3n) is 3.97. The number of carboxylic acids is 1. The van der Waals surface area contributed by atoms with Gasteiger partial charge in [0.15, 0.2) is 0 Å². The van der Waals surface area contributed by atoms with Crippen LogP contribution in [0.4, 0.5) is 0 Å². The molecule has 2 heterocycles. The molecule has 1 aromatic carbocycles. The van der Waals surface area contributed by atoms with E-state index in [1.165, 1.54) is 6.20 Å². The Bertz CT molecular complexity index is 714. The van der Waals surface area contributed by atoms with Crippen molar-refractivity contribution >= 4 is 11.9 Å². The number of hydrogen-bond donors (Lipinski definition) is 1. The number of carbonyl (C=O) groups excluding carboxylic acids is 1. The molecule has 2 aromatic rings. The quantitative estimate of drug-likeness (QED) is 0.892. The number of amides is 1. The third kappa shape index (κ3) is 3.80. The van der Waals surface area contributed by atoms with Crippen LogP contribution in [0.2, 0.25) is 0 Å². The zero-order valence-electron chi connectivity index (χ0n) is 13.2. The van der Waals surface area contributed by atoms with Crippen LogP contribution in [0.5, 0.6) is 0 Å². The fourth-order valence-electron chi connectivity index (χ4n) is 2.79. The molecule has 1 aromatic heterocycles. The molecule has 0 bridgehead atoms. The van der Waals surface area contributed by atoms with Crippen molar-refractivity contribution in [2.24, 2.45) is 0 Å². The molecule has 1 saturated heterocycles. The highest BCUT2D eigenvalue weighted by Crippen LogP contribution is 2.15. The minimum atomic E-state index is -0.942. The lowest BCUT2D eigenvalue weighted by atomic mass is 10.1. The van der Waals surface area contributed by atoms with E-state index >= 15 is 0 Å². The lowest BCUT2D eigenvalue weighted by molar-refractivity contribution is -0.139. The molecule has 1 fully saturated rings. The van der Waals surface area contributed by atoms with Gasteiger partial charge in [0.1, 0.15) is 0 Å². The number of aromatic nitrogens is 2.